The molecule has 20 heavy (non-hydrogen) atoms. The molecule has 0 aromatic rings. The fourth-order valence-corrected chi connectivity index (χ4v) is 5.44. The molecule has 0 spiro atoms. The van der Waals surface area contributed by atoms with E-state index in [-0.39, 0.29) is 18.4 Å². The van der Waals surface area contributed by atoms with Crippen LogP contribution in [0.3, 0.4) is 0 Å². The number of amides is 2. The molecule has 4 saturated carbocycles. The van der Waals surface area contributed by atoms with Crippen LogP contribution in [0.1, 0.15) is 44.9 Å². The predicted molar refractivity (Wildman–Crippen MR) is 74.8 cm³/mol. The van der Waals surface area contributed by atoms with Crippen molar-refractivity contribution in [2.75, 3.05) is 13.1 Å². The molecule has 0 aromatic heterocycles. The van der Waals surface area contributed by atoms with Gasteiger partial charge in [-0.15, -0.1) is 0 Å². The van der Waals surface area contributed by atoms with Gasteiger partial charge in [-0.3, -0.25) is 9.59 Å². The van der Waals surface area contributed by atoms with Gasteiger partial charge in [0, 0.05) is 19.0 Å². The zero-order chi connectivity index (χ0) is 13.7. The Morgan fingerprint density at radius 3 is 2.30 bits per heavy atom. The molecule has 5 rings (SSSR count). The maximum Gasteiger partial charge on any atom is 0.239 e. The summed E-state index contributed by atoms with van der Waals surface area (Å²) < 4.78 is 0. The van der Waals surface area contributed by atoms with Crippen molar-refractivity contribution in [2.24, 2.45) is 23.7 Å². The van der Waals surface area contributed by atoms with Crippen molar-refractivity contribution in [1.82, 2.24) is 10.2 Å². The third-order valence-electron chi connectivity index (χ3n) is 6.06. The molecule has 4 aliphatic carbocycles. The van der Waals surface area contributed by atoms with Crippen LogP contribution in [0, 0.1) is 23.7 Å². The molecule has 0 radical (unpaired) electrons. The minimum atomic E-state index is 0.0673. The van der Waals surface area contributed by atoms with Gasteiger partial charge in [0.1, 0.15) is 0 Å². The number of nitrogens with one attached hydrogen (secondary N) is 1. The van der Waals surface area contributed by atoms with Crippen molar-refractivity contribution in [3.63, 3.8) is 0 Å². The third-order valence-corrected chi connectivity index (χ3v) is 6.06. The van der Waals surface area contributed by atoms with E-state index in [2.05, 4.69) is 5.32 Å². The van der Waals surface area contributed by atoms with Crippen molar-refractivity contribution < 1.29 is 9.59 Å². The van der Waals surface area contributed by atoms with E-state index in [0.717, 1.165) is 24.8 Å². The summed E-state index contributed by atoms with van der Waals surface area (Å²) in [4.78, 5) is 25.5. The maximum atomic E-state index is 12.2. The van der Waals surface area contributed by atoms with Gasteiger partial charge in [0.2, 0.25) is 11.8 Å². The minimum Gasteiger partial charge on any atom is -0.351 e. The van der Waals surface area contributed by atoms with Gasteiger partial charge < -0.3 is 10.2 Å². The summed E-state index contributed by atoms with van der Waals surface area (Å²) in [5, 5.41) is 3.28. The maximum absolute atomic E-state index is 12.2. The number of rotatable bonds is 3. The van der Waals surface area contributed by atoms with Gasteiger partial charge >= 0.3 is 0 Å². The van der Waals surface area contributed by atoms with Crippen molar-refractivity contribution in [2.45, 2.75) is 51.0 Å². The molecule has 1 aliphatic heterocycles. The van der Waals surface area contributed by atoms with Gasteiger partial charge in [-0.25, -0.2) is 0 Å². The normalized spacial score (nSPS) is 42.3. The van der Waals surface area contributed by atoms with Gasteiger partial charge in [0.25, 0.3) is 0 Å². The molecule has 5 fully saturated rings. The summed E-state index contributed by atoms with van der Waals surface area (Å²) in [5.74, 6) is 3.51. The largest absolute Gasteiger partial charge is 0.351 e. The molecule has 0 atom stereocenters. The second-order valence-electron chi connectivity index (χ2n) is 7.44. The lowest BCUT2D eigenvalue weighted by molar-refractivity contribution is -0.134. The minimum absolute atomic E-state index is 0.0673. The molecule has 1 N–H and O–H groups in total. The highest BCUT2D eigenvalue weighted by Gasteiger charge is 2.48. The second kappa shape index (κ2) is 4.74. The molecule has 4 heteroatoms. The molecule has 4 nitrogen and oxygen atoms in total. The van der Waals surface area contributed by atoms with Gasteiger partial charge in [-0.05, 0) is 62.2 Å². The summed E-state index contributed by atoms with van der Waals surface area (Å²) in [6, 6.07) is 0.396. The van der Waals surface area contributed by atoms with Crippen LogP contribution in [-0.4, -0.2) is 35.8 Å². The second-order valence-corrected chi connectivity index (χ2v) is 7.44. The molecular weight excluding hydrogens is 252 g/mol. The summed E-state index contributed by atoms with van der Waals surface area (Å²) in [5.41, 5.74) is 0. The van der Waals surface area contributed by atoms with E-state index in [1.807, 2.05) is 0 Å². The van der Waals surface area contributed by atoms with Crippen LogP contribution < -0.4 is 5.32 Å². The highest BCUT2D eigenvalue weighted by Crippen LogP contribution is 2.53. The lowest BCUT2D eigenvalue weighted by atomic mass is 9.54. The Morgan fingerprint density at radius 2 is 1.75 bits per heavy atom. The van der Waals surface area contributed by atoms with Crippen LogP contribution in [0.15, 0.2) is 0 Å². The van der Waals surface area contributed by atoms with E-state index in [0.29, 0.717) is 24.3 Å². The highest BCUT2D eigenvalue weighted by molar-refractivity contribution is 5.86. The Hall–Kier alpha value is -1.06. The molecule has 4 bridgehead atoms. The number of hydrogen-bond donors (Lipinski definition) is 1. The summed E-state index contributed by atoms with van der Waals surface area (Å²) in [7, 11) is 0. The molecule has 1 saturated heterocycles. The van der Waals surface area contributed by atoms with E-state index in [1.165, 1.54) is 32.1 Å². The highest BCUT2D eigenvalue weighted by atomic mass is 16.2. The molecule has 1 heterocycles. The Labute approximate surface area is 120 Å². The first-order valence-corrected chi connectivity index (χ1v) is 8.26. The number of nitrogens with zero attached hydrogens (tertiary/aromatic N) is 1. The topological polar surface area (TPSA) is 49.4 Å². The summed E-state index contributed by atoms with van der Waals surface area (Å²) in [6.45, 7) is 1.04. The average Bonchev–Trinajstić information content (AvgIpc) is 2.79. The fraction of sp³-hybridized carbons (Fsp3) is 0.875. The van der Waals surface area contributed by atoms with Crippen LogP contribution in [0.4, 0.5) is 0 Å². The Kier molecular flexibility index (Phi) is 3.00. The summed E-state index contributed by atoms with van der Waals surface area (Å²) >= 11 is 0. The van der Waals surface area contributed by atoms with E-state index < -0.39 is 0 Å². The fourth-order valence-electron chi connectivity index (χ4n) is 5.44. The number of carbonyl (C=O) groups excluding carboxylic acids is 2. The molecule has 110 valence electrons. The van der Waals surface area contributed by atoms with E-state index in [1.54, 1.807) is 4.90 Å². The molecule has 2 amide bonds. The van der Waals surface area contributed by atoms with Crippen LogP contribution in [0.5, 0.6) is 0 Å². The quantitative estimate of drug-likeness (QED) is 0.850. The first-order chi connectivity index (χ1) is 9.69. The van der Waals surface area contributed by atoms with E-state index in [9.17, 15) is 9.59 Å². The first kappa shape index (κ1) is 12.7. The van der Waals surface area contributed by atoms with Gasteiger partial charge in [0.05, 0.1) is 6.54 Å². The monoisotopic (exact) mass is 276 g/mol. The smallest absolute Gasteiger partial charge is 0.239 e. The zero-order valence-corrected chi connectivity index (χ0v) is 12.0. The molecular formula is C16H24N2O2. The van der Waals surface area contributed by atoms with Gasteiger partial charge in [-0.2, -0.15) is 0 Å². The summed E-state index contributed by atoms with van der Waals surface area (Å²) in [6.07, 6.45) is 8.24. The van der Waals surface area contributed by atoms with Gasteiger partial charge in [0.15, 0.2) is 0 Å². The van der Waals surface area contributed by atoms with E-state index in [4.69, 9.17) is 0 Å². The SMILES string of the molecule is O=C(CN1CCCC1=O)NC1C2CC3CC(C2)CC1C3. The van der Waals surface area contributed by atoms with Gasteiger partial charge in [-0.1, -0.05) is 0 Å². The number of likely N-dealkylation sites (tertiary alicyclic amines) is 1. The van der Waals surface area contributed by atoms with Crippen molar-refractivity contribution in [1.29, 1.82) is 0 Å². The zero-order valence-electron chi connectivity index (χ0n) is 12.0. The molecule has 0 unspecified atom stereocenters. The van der Waals surface area contributed by atoms with Crippen LogP contribution in [0.2, 0.25) is 0 Å². The van der Waals surface area contributed by atoms with E-state index >= 15 is 0 Å². The Morgan fingerprint density at radius 1 is 1.10 bits per heavy atom. The Bertz CT molecular complexity index is 406. The van der Waals surface area contributed by atoms with Crippen LogP contribution >= 0.6 is 0 Å². The number of hydrogen-bond acceptors (Lipinski definition) is 2. The average molecular weight is 276 g/mol. The first-order valence-electron chi connectivity index (χ1n) is 8.26. The lowest BCUT2D eigenvalue weighted by Gasteiger charge is -2.54. The Balaban J connectivity index is 1.37. The molecule has 0 aromatic carbocycles. The van der Waals surface area contributed by atoms with Crippen LogP contribution in [-0.2, 0) is 9.59 Å². The van der Waals surface area contributed by atoms with Crippen molar-refractivity contribution in [3.8, 4) is 0 Å². The lowest BCUT2D eigenvalue weighted by Crippen LogP contribution is -2.57. The van der Waals surface area contributed by atoms with Crippen molar-refractivity contribution in [3.05, 3.63) is 0 Å². The predicted octanol–water partition coefficient (Wildman–Crippen LogP) is 1.55. The van der Waals surface area contributed by atoms with Crippen LogP contribution in [0.25, 0.3) is 0 Å². The third kappa shape index (κ3) is 2.13. The van der Waals surface area contributed by atoms with Crippen molar-refractivity contribution >= 4 is 11.8 Å². The number of carbonyl (C=O) groups is 2. The standard InChI is InChI=1S/C16H24N2O2/c19-14(9-18-3-1-2-15(18)20)17-16-12-5-10-4-11(7-12)8-13(16)6-10/h10-13,16H,1-9H2,(H,17,19). The molecule has 5 aliphatic rings.